The molecule has 2 rings (SSSR count). The second-order valence-corrected chi connectivity index (χ2v) is 4.87. The lowest BCUT2D eigenvalue weighted by atomic mass is 9.93. The topological polar surface area (TPSA) is 12.0 Å². The molecule has 1 aliphatic carbocycles. The molecule has 0 amide bonds. The zero-order valence-electron chi connectivity index (χ0n) is 10.3. The first-order valence-electron chi connectivity index (χ1n) is 6.71. The van der Waals surface area contributed by atoms with Crippen LogP contribution in [0.4, 0.5) is 0 Å². The van der Waals surface area contributed by atoms with Gasteiger partial charge in [-0.2, -0.15) is 0 Å². The summed E-state index contributed by atoms with van der Waals surface area (Å²) in [4.78, 5) is 0. The summed E-state index contributed by atoms with van der Waals surface area (Å²) in [7, 11) is 0. The maximum Gasteiger partial charge on any atom is 0.0320 e. The third kappa shape index (κ3) is 3.08. The Kier molecular flexibility index (Phi) is 4.41. The van der Waals surface area contributed by atoms with E-state index in [0.29, 0.717) is 6.04 Å². The maximum absolute atomic E-state index is 3.82. The summed E-state index contributed by atoms with van der Waals surface area (Å²) in [6, 6.07) is 12.1. The average molecular weight is 217 g/mol. The molecule has 0 aromatic heterocycles. The summed E-state index contributed by atoms with van der Waals surface area (Å²) in [6.45, 7) is 2.27. The summed E-state index contributed by atoms with van der Waals surface area (Å²) >= 11 is 0. The van der Waals surface area contributed by atoms with Gasteiger partial charge in [0.2, 0.25) is 0 Å². The van der Waals surface area contributed by atoms with E-state index >= 15 is 0 Å². The van der Waals surface area contributed by atoms with Crippen LogP contribution in [0.2, 0.25) is 0 Å². The van der Waals surface area contributed by atoms with Gasteiger partial charge in [0, 0.05) is 12.1 Å². The highest BCUT2D eigenvalue weighted by atomic mass is 14.9. The third-order valence-electron chi connectivity index (χ3n) is 3.65. The Balaban J connectivity index is 1.94. The van der Waals surface area contributed by atoms with Gasteiger partial charge in [0.25, 0.3) is 0 Å². The van der Waals surface area contributed by atoms with E-state index in [1.165, 1.54) is 44.1 Å². The highest BCUT2D eigenvalue weighted by Gasteiger charge is 2.17. The van der Waals surface area contributed by atoms with Crippen molar-refractivity contribution in [2.45, 2.75) is 57.5 Å². The van der Waals surface area contributed by atoms with E-state index in [0.717, 1.165) is 6.04 Å². The van der Waals surface area contributed by atoms with Crippen molar-refractivity contribution in [3.8, 4) is 0 Å². The molecule has 1 fully saturated rings. The largest absolute Gasteiger partial charge is 0.307 e. The van der Waals surface area contributed by atoms with E-state index < -0.39 is 0 Å². The minimum absolute atomic E-state index is 0.546. The monoisotopic (exact) mass is 217 g/mol. The zero-order chi connectivity index (χ0) is 11.2. The van der Waals surface area contributed by atoms with Gasteiger partial charge in [-0.15, -0.1) is 0 Å². The Morgan fingerprint density at radius 1 is 1.12 bits per heavy atom. The van der Waals surface area contributed by atoms with Crippen molar-refractivity contribution >= 4 is 0 Å². The van der Waals surface area contributed by atoms with Crippen molar-refractivity contribution < 1.29 is 0 Å². The normalized spacial score (nSPS) is 19.6. The Morgan fingerprint density at radius 3 is 2.44 bits per heavy atom. The molecule has 1 heteroatoms. The molecule has 0 bridgehead atoms. The number of hydrogen-bond donors (Lipinski definition) is 1. The second-order valence-electron chi connectivity index (χ2n) is 4.87. The van der Waals surface area contributed by atoms with Crippen LogP contribution in [0, 0.1) is 0 Å². The average Bonchev–Trinajstić information content (AvgIpc) is 2.38. The van der Waals surface area contributed by atoms with Crippen LogP contribution in [-0.4, -0.2) is 6.04 Å². The predicted octanol–water partition coefficient (Wildman–Crippen LogP) is 4.06. The van der Waals surface area contributed by atoms with Gasteiger partial charge in [-0.05, 0) is 24.8 Å². The number of rotatable bonds is 4. The molecule has 1 aromatic carbocycles. The van der Waals surface area contributed by atoms with Gasteiger partial charge in [0.05, 0.1) is 0 Å². The van der Waals surface area contributed by atoms with Gasteiger partial charge in [-0.25, -0.2) is 0 Å². The standard InChI is InChI=1S/C15H23N/c1-2-15(13-9-5-3-6-10-13)16-14-11-7-4-8-12-14/h3,5-6,9-10,14-16H,2,4,7-8,11-12H2,1H3. The van der Waals surface area contributed by atoms with E-state index in [2.05, 4.69) is 42.6 Å². The molecular weight excluding hydrogens is 194 g/mol. The van der Waals surface area contributed by atoms with Gasteiger partial charge in [0.15, 0.2) is 0 Å². The lowest BCUT2D eigenvalue weighted by molar-refractivity contribution is 0.334. The first-order chi connectivity index (χ1) is 7.90. The van der Waals surface area contributed by atoms with E-state index in [9.17, 15) is 0 Å². The van der Waals surface area contributed by atoms with E-state index in [4.69, 9.17) is 0 Å². The van der Waals surface area contributed by atoms with Crippen molar-refractivity contribution in [3.05, 3.63) is 35.9 Å². The molecule has 1 nitrogen and oxygen atoms in total. The first kappa shape index (κ1) is 11.7. The molecule has 0 spiro atoms. The second kappa shape index (κ2) is 6.05. The van der Waals surface area contributed by atoms with Crippen molar-refractivity contribution in [2.24, 2.45) is 0 Å². The molecule has 1 saturated carbocycles. The van der Waals surface area contributed by atoms with Crippen molar-refractivity contribution in [2.75, 3.05) is 0 Å². The molecule has 1 atom stereocenters. The van der Waals surface area contributed by atoms with E-state index in [1.54, 1.807) is 0 Å². The Hall–Kier alpha value is -0.820. The van der Waals surface area contributed by atoms with Crippen LogP contribution in [0.25, 0.3) is 0 Å². The lowest BCUT2D eigenvalue weighted by Gasteiger charge is -2.28. The van der Waals surface area contributed by atoms with Gasteiger partial charge in [-0.1, -0.05) is 56.5 Å². The summed E-state index contributed by atoms with van der Waals surface area (Å²) < 4.78 is 0. The van der Waals surface area contributed by atoms with Gasteiger partial charge < -0.3 is 5.32 Å². The van der Waals surface area contributed by atoms with Crippen LogP contribution < -0.4 is 5.32 Å². The molecule has 1 aromatic rings. The number of nitrogens with one attached hydrogen (secondary N) is 1. The Bertz CT molecular complexity index is 288. The Labute approximate surface area is 99.3 Å². The molecule has 0 radical (unpaired) electrons. The summed E-state index contributed by atoms with van der Waals surface area (Å²) in [6.07, 6.45) is 8.15. The number of hydrogen-bond acceptors (Lipinski definition) is 1. The van der Waals surface area contributed by atoms with Crippen LogP contribution in [0.5, 0.6) is 0 Å². The van der Waals surface area contributed by atoms with Gasteiger partial charge >= 0.3 is 0 Å². The smallest absolute Gasteiger partial charge is 0.0320 e. The molecule has 0 aliphatic heterocycles. The molecule has 0 heterocycles. The zero-order valence-corrected chi connectivity index (χ0v) is 10.3. The minimum atomic E-state index is 0.546. The maximum atomic E-state index is 3.82. The lowest BCUT2D eigenvalue weighted by Crippen LogP contribution is -2.34. The van der Waals surface area contributed by atoms with Crippen LogP contribution in [-0.2, 0) is 0 Å². The molecular formula is C15H23N. The fourth-order valence-corrected chi connectivity index (χ4v) is 2.69. The number of benzene rings is 1. The molecule has 1 unspecified atom stereocenters. The van der Waals surface area contributed by atoms with Gasteiger partial charge in [-0.3, -0.25) is 0 Å². The van der Waals surface area contributed by atoms with E-state index in [-0.39, 0.29) is 0 Å². The fraction of sp³-hybridized carbons (Fsp3) is 0.600. The summed E-state index contributed by atoms with van der Waals surface area (Å²) in [5.41, 5.74) is 1.44. The summed E-state index contributed by atoms with van der Waals surface area (Å²) in [5, 5.41) is 3.82. The van der Waals surface area contributed by atoms with Crippen molar-refractivity contribution in [3.63, 3.8) is 0 Å². The van der Waals surface area contributed by atoms with Crippen molar-refractivity contribution in [1.29, 1.82) is 0 Å². The Morgan fingerprint density at radius 2 is 1.81 bits per heavy atom. The highest BCUT2D eigenvalue weighted by Crippen LogP contribution is 2.23. The summed E-state index contributed by atoms with van der Waals surface area (Å²) in [5.74, 6) is 0. The molecule has 1 aliphatic rings. The quantitative estimate of drug-likeness (QED) is 0.802. The first-order valence-corrected chi connectivity index (χ1v) is 6.71. The van der Waals surface area contributed by atoms with Crippen molar-refractivity contribution in [1.82, 2.24) is 5.32 Å². The van der Waals surface area contributed by atoms with Crippen LogP contribution in [0.3, 0.4) is 0 Å². The fourth-order valence-electron chi connectivity index (χ4n) is 2.69. The van der Waals surface area contributed by atoms with Crippen LogP contribution in [0.1, 0.15) is 57.1 Å². The molecule has 16 heavy (non-hydrogen) atoms. The third-order valence-corrected chi connectivity index (χ3v) is 3.65. The van der Waals surface area contributed by atoms with Gasteiger partial charge in [0.1, 0.15) is 0 Å². The molecule has 1 N–H and O–H groups in total. The minimum Gasteiger partial charge on any atom is -0.307 e. The molecule has 88 valence electrons. The SMILES string of the molecule is CCC(NC1CCCCC1)c1ccccc1. The predicted molar refractivity (Wildman–Crippen MR) is 69.5 cm³/mol. The van der Waals surface area contributed by atoms with Crippen LogP contribution in [0.15, 0.2) is 30.3 Å². The highest BCUT2D eigenvalue weighted by molar-refractivity contribution is 5.18. The van der Waals surface area contributed by atoms with E-state index in [1.807, 2.05) is 0 Å². The van der Waals surface area contributed by atoms with Crippen LogP contribution >= 0.6 is 0 Å². The molecule has 0 saturated heterocycles.